The topological polar surface area (TPSA) is 25.2 Å². The van der Waals surface area contributed by atoms with E-state index in [4.69, 9.17) is 4.98 Å². The van der Waals surface area contributed by atoms with Crippen LogP contribution in [-0.2, 0) is 12.2 Å². The molecule has 1 aromatic heterocycles. The fraction of sp³-hybridized carbons (Fsp3) is 0.333. The van der Waals surface area contributed by atoms with Crippen LogP contribution in [0.4, 0.5) is 0 Å². The molecule has 0 N–H and O–H groups in total. The van der Waals surface area contributed by atoms with Crippen molar-refractivity contribution >= 4 is 39.2 Å². The van der Waals surface area contributed by atoms with Crippen LogP contribution in [0.1, 0.15) is 18.2 Å². The van der Waals surface area contributed by atoms with E-state index in [1.54, 1.807) is 11.3 Å². The number of aryl methyl sites for hydroxylation is 1. The van der Waals surface area contributed by atoms with Crippen LogP contribution >= 0.6 is 34.9 Å². The lowest BCUT2D eigenvalue weighted by Gasteiger charge is -1.99. The van der Waals surface area contributed by atoms with E-state index in [9.17, 15) is 0 Å². The smallest absolute Gasteiger partial charge is 0.125 e. The van der Waals surface area contributed by atoms with Crippen molar-refractivity contribution in [3.05, 3.63) is 40.9 Å². The molecule has 0 fully saturated rings. The third-order valence-corrected chi connectivity index (χ3v) is 6.29. The van der Waals surface area contributed by atoms with Crippen molar-refractivity contribution in [3.63, 3.8) is 0 Å². The fourth-order valence-electron chi connectivity index (χ4n) is 1.93. The molecule has 2 heterocycles. The van der Waals surface area contributed by atoms with Gasteiger partial charge >= 0.3 is 0 Å². The van der Waals surface area contributed by atoms with Crippen LogP contribution < -0.4 is 0 Å². The minimum Gasteiger partial charge on any atom is -0.271 e. The Morgan fingerprint density at radius 3 is 2.80 bits per heavy atom. The van der Waals surface area contributed by atoms with Crippen LogP contribution in [0.2, 0.25) is 0 Å². The number of aliphatic imine (C=N–C) groups is 1. The molecule has 0 radical (unpaired) electrons. The Kier molecular flexibility index (Phi) is 4.81. The monoisotopic (exact) mass is 320 g/mol. The van der Waals surface area contributed by atoms with Crippen molar-refractivity contribution in [2.24, 2.45) is 4.99 Å². The van der Waals surface area contributed by atoms with Crippen LogP contribution in [0.15, 0.2) is 34.6 Å². The molecular formula is C15H16N2S3. The molecule has 0 atom stereocenters. The van der Waals surface area contributed by atoms with Crippen LogP contribution in [-0.4, -0.2) is 21.7 Å². The van der Waals surface area contributed by atoms with Crippen molar-refractivity contribution in [1.29, 1.82) is 0 Å². The van der Waals surface area contributed by atoms with Gasteiger partial charge in [-0.1, -0.05) is 54.7 Å². The van der Waals surface area contributed by atoms with Gasteiger partial charge in [0.2, 0.25) is 0 Å². The lowest BCUT2D eigenvalue weighted by Crippen LogP contribution is -1.86. The number of thiazole rings is 1. The second-order valence-electron chi connectivity index (χ2n) is 4.48. The van der Waals surface area contributed by atoms with Gasteiger partial charge < -0.3 is 0 Å². The summed E-state index contributed by atoms with van der Waals surface area (Å²) in [4.78, 5) is 9.18. The zero-order valence-electron chi connectivity index (χ0n) is 11.3. The molecular weight excluding hydrogens is 304 g/mol. The molecule has 0 aliphatic carbocycles. The first-order chi connectivity index (χ1) is 9.85. The molecule has 1 aliphatic heterocycles. The van der Waals surface area contributed by atoms with Crippen LogP contribution in [0.25, 0.3) is 10.6 Å². The third kappa shape index (κ3) is 3.45. The number of nitrogens with zero attached hydrogens (tertiary/aromatic N) is 2. The van der Waals surface area contributed by atoms with Gasteiger partial charge in [-0.3, -0.25) is 4.99 Å². The summed E-state index contributed by atoms with van der Waals surface area (Å²) < 4.78 is 1.21. The molecule has 3 rings (SSSR count). The molecule has 0 saturated heterocycles. The molecule has 0 bridgehead atoms. The zero-order valence-corrected chi connectivity index (χ0v) is 13.8. The first kappa shape index (κ1) is 14.2. The maximum atomic E-state index is 4.73. The molecule has 0 saturated carbocycles. The molecule has 5 heteroatoms. The van der Waals surface area contributed by atoms with Gasteiger partial charge in [0.1, 0.15) is 9.38 Å². The minimum atomic E-state index is 0.926. The molecule has 20 heavy (non-hydrogen) atoms. The lowest BCUT2D eigenvalue weighted by molar-refractivity contribution is 1.14. The number of aromatic nitrogens is 1. The normalized spacial score (nSPS) is 14.6. The first-order valence-electron chi connectivity index (χ1n) is 6.69. The van der Waals surface area contributed by atoms with E-state index in [-0.39, 0.29) is 0 Å². The zero-order chi connectivity index (χ0) is 13.8. The maximum Gasteiger partial charge on any atom is 0.125 e. The predicted molar refractivity (Wildman–Crippen MR) is 93.0 cm³/mol. The predicted octanol–water partition coefficient (Wildman–Crippen LogP) is 4.71. The highest BCUT2D eigenvalue weighted by atomic mass is 32.2. The van der Waals surface area contributed by atoms with E-state index in [1.165, 1.54) is 15.5 Å². The Morgan fingerprint density at radius 2 is 2.10 bits per heavy atom. The SMILES string of the molecule is CCc1ccc(-c2nc(CSC3=NCCS3)cs2)cc1. The van der Waals surface area contributed by atoms with Crippen LogP contribution in [0, 0.1) is 0 Å². The molecule has 2 nitrogen and oxygen atoms in total. The van der Waals surface area contributed by atoms with Crippen molar-refractivity contribution in [2.45, 2.75) is 19.1 Å². The van der Waals surface area contributed by atoms with Crippen molar-refractivity contribution < 1.29 is 0 Å². The number of hydrogen-bond donors (Lipinski definition) is 0. The van der Waals surface area contributed by atoms with Gasteiger partial charge in [-0.15, -0.1) is 11.3 Å². The first-order valence-corrected chi connectivity index (χ1v) is 9.54. The quantitative estimate of drug-likeness (QED) is 0.816. The minimum absolute atomic E-state index is 0.926. The summed E-state index contributed by atoms with van der Waals surface area (Å²) >= 11 is 5.39. The summed E-state index contributed by atoms with van der Waals surface area (Å²) in [6.45, 7) is 3.15. The van der Waals surface area contributed by atoms with Gasteiger partial charge in [-0.05, 0) is 12.0 Å². The molecule has 104 valence electrons. The van der Waals surface area contributed by atoms with Crippen molar-refractivity contribution in [3.8, 4) is 10.6 Å². The second-order valence-corrected chi connectivity index (χ2v) is 7.64. The van der Waals surface area contributed by atoms with Gasteiger partial charge in [0.25, 0.3) is 0 Å². The molecule has 2 aromatic rings. The Balaban J connectivity index is 1.66. The number of thioether (sulfide) groups is 2. The van der Waals surface area contributed by atoms with Crippen LogP contribution in [0.5, 0.6) is 0 Å². The van der Waals surface area contributed by atoms with Gasteiger partial charge in [0.05, 0.1) is 12.2 Å². The lowest BCUT2D eigenvalue weighted by atomic mass is 10.1. The summed E-state index contributed by atoms with van der Waals surface area (Å²) in [5.41, 5.74) is 3.75. The Morgan fingerprint density at radius 1 is 1.25 bits per heavy atom. The van der Waals surface area contributed by atoms with E-state index >= 15 is 0 Å². The third-order valence-electron chi connectivity index (χ3n) is 3.06. The summed E-state index contributed by atoms with van der Waals surface area (Å²) in [6, 6.07) is 8.72. The number of benzene rings is 1. The van der Waals surface area contributed by atoms with E-state index in [1.807, 2.05) is 23.5 Å². The highest BCUT2D eigenvalue weighted by molar-refractivity contribution is 8.38. The molecule has 0 spiro atoms. The summed E-state index contributed by atoms with van der Waals surface area (Å²) in [5.74, 6) is 2.06. The van der Waals surface area contributed by atoms with E-state index in [0.29, 0.717) is 0 Å². The highest BCUT2D eigenvalue weighted by Gasteiger charge is 2.10. The van der Waals surface area contributed by atoms with Crippen molar-refractivity contribution in [2.75, 3.05) is 12.3 Å². The number of rotatable bonds is 4. The molecule has 1 aromatic carbocycles. The maximum absolute atomic E-state index is 4.73. The summed E-state index contributed by atoms with van der Waals surface area (Å²) in [6.07, 6.45) is 1.08. The van der Waals surface area contributed by atoms with Crippen molar-refractivity contribution in [1.82, 2.24) is 4.98 Å². The van der Waals surface area contributed by atoms with Crippen LogP contribution in [0.3, 0.4) is 0 Å². The summed E-state index contributed by atoms with van der Waals surface area (Å²) in [5, 5.41) is 3.28. The van der Waals surface area contributed by atoms with Gasteiger partial charge in [-0.2, -0.15) is 0 Å². The van der Waals surface area contributed by atoms with Gasteiger partial charge in [-0.25, -0.2) is 4.98 Å². The average molecular weight is 321 g/mol. The fourth-order valence-corrected chi connectivity index (χ4v) is 4.76. The Hall–Kier alpha value is -0.780. The number of hydrogen-bond acceptors (Lipinski definition) is 5. The standard InChI is InChI=1S/C15H16N2S3/c1-2-11-3-5-12(6-4-11)14-17-13(9-19-14)10-20-15-16-7-8-18-15/h3-6,9H,2,7-8,10H2,1H3. The van der Waals surface area contributed by atoms with E-state index in [2.05, 4.69) is 41.6 Å². The highest BCUT2D eigenvalue weighted by Crippen LogP contribution is 2.29. The second kappa shape index (κ2) is 6.78. The largest absolute Gasteiger partial charge is 0.271 e. The Bertz CT molecular complexity index is 602. The van der Waals surface area contributed by atoms with Gasteiger partial charge in [0.15, 0.2) is 0 Å². The van der Waals surface area contributed by atoms with Gasteiger partial charge in [0, 0.05) is 22.4 Å². The van der Waals surface area contributed by atoms with E-state index < -0.39 is 0 Å². The van der Waals surface area contributed by atoms with E-state index in [0.717, 1.165) is 35.2 Å². The summed E-state index contributed by atoms with van der Waals surface area (Å²) in [7, 11) is 0. The molecule has 1 aliphatic rings. The molecule has 0 amide bonds. The average Bonchev–Trinajstić information content (AvgIpc) is 3.17. The molecule has 0 unspecified atom stereocenters. The Labute approximate surface area is 132 Å².